The molecule has 1 unspecified atom stereocenters. The fraction of sp³-hybridized carbons (Fsp3) is 0.308. The van der Waals surface area contributed by atoms with Crippen LogP contribution in [0.3, 0.4) is 0 Å². The standard InChI is InChI=1S/C13H17N3O/c1-2-16-9-12(8-15-16)17-10-13(14)11-6-4-3-5-7-11/h3-9,13H,2,10,14H2,1H3. The van der Waals surface area contributed by atoms with Crippen LogP contribution in [0.15, 0.2) is 42.7 Å². The van der Waals surface area contributed by atoms with Crippen molar-refractivity contribution in [1.29, 1.82) is 0 Å². The summed E-state index contributed by atoms with van der Waals surface area (Å²) in [5.41, 5.74) is 7.11. The Balaban J connectivity index is 1.90. The van der Waals surface area contributed by atoms with Gasteiger partial charge in [0, 0.05) is 6.54 Å². The van der Waals surface area contributed by atoms with Gasteiger partial charge in [-0.05, 0) is 12.5 Å². The van der Waals surface area contributed by atoms with Crippen molar-refractivity contribution < 1.29 is 4.74 Å². The van der Waals surface area contributed by atoms with Crippen molar-refractivity contribution in [3.8, 4) is 5.75 Å². The molecule has 1 aromatic heterocycles. The third-order valence-electron chi connectivity index (χ3n) is 2.59. The Hall–Kier alpha value is -1.81. The first kappa shape index (κ1) is 11.7. The Kier molecular flexibility index (Phi) is 3.77. The van der Waals surface area contributed by atoms with E-state index < -0.39 is 0 Å². The van der Waals surface area contributed by atoms with E-state index in [9.17, 15) is 0 Å². The van der Waals surface area contributed by atoms with Crippen molar-refractivity contribution >= 4 is 0 Å². The summed E-state index contributed by atoms with van der Waals surface area (Å²) in [5, 5.41) is 4.14. The largest absolute Gasteiger partial charge is 0.488 e. The second kappa shape index (κ2) is 5.50. The molecule has 4 nitrogen and oxygen atoms in total. The van der Waals surface area contributed by atoms with E-state index in [4.69, 9.17) is 10.5 Å². The summed E-state index contributed by atoms with van der Waals surface area (Å²) < 4.78 is 7.42. The first-order valence-corrected chi connectivity index (χ1v) is 5.75. The lowest BCUT2D eigenvalue weighted by Gasteiger charge is -2.12. The highest BCUT2D eigenvalue weighted by molar-refractivity contribution is 5.19. The van der Waals surface area contributed by atoms with E-state index in [1.165, 1.54) is 0 Å². The van der Waals surface area contributed by atoms with Gasteiger partial charge in [-0.25, -0.2) is 0 Å². The third kappa shape index (κ3) is 3.07. The van der Waals surface area contributed by atoms with E-state index in [-0.39, 0.29) is 6.04 Å². The molecule has 2 N–H and O–H groups in total. The lowest BCUT2D eigenvalue weighted by Crippen LogP contribution is -2.18. The molecule has 90 valence electrons. The predicted octanol–water partition coefficient (Wildman–Crippen LogP) is 1.98. The van der Waals surface area contributed by atoms with Crippen LogP contribution in [0.4, 0.5) is 0 Å². The van der Waals surface area contributed by atoms with Gasteiger partial charge in [-0.15, -0.1) is 0 Å². The molecule has 0 aliphatic heterocycles. The Morgan fingerprint density at radius 2 is 2.12 bits per heavy atom. The highest BCUT2D eigenvalue weighted by Crippen LogP contribution is 2.13. The number of nitrogens with two attached hydrogens (primary N) is 1. The molecule has 0 spiro atoms. The van der Waals surface area contributed by atoms with E-state index in [0.717, 1.165) is 17.9 Å². The van der Waals surface area contributed by atoms with Crippen molar-refractivity contribution in [2.24, 2.45) is 5.73 Å². The van der Waals surface area contributed by atoms with Crippen LogP contribution in [0.5, 0.6) is 5.75 Å². The lowest BCUT2D eigenvalue weighted by atomic mass is 10.1. The summed E-state index contributed by atoms with van der Waals surface area (Å²) in [6.45, 7) is 3.33. The van der Waals surface area contributed by atoms with Crippen LogP contribution < -0.4 is 10.5 Å². The van der Waals surface area contributed by atoms with Crippen LogP contribution in [0, 0.1) is 0 Å². The van der Waals surface area contributed by atoms with E-state index in [1.54, 1.807) is 6.20 Å². The number of aryl methyl sites for hydroxylation is 1. The molecule has 17 heavy (non-hydrogen) atoms. The summed E-state index contributed by atoms with van der Waals surface area (Å²) in [5.74, 6) is 0.762. The van der Waals surface area contributed by atoms with Gasteiger partial charge < -0.3 is 10.5 Å². The Labute approximate surface area is 101 Å². The summed E-state index contributed by atoms with van der Waals surface area (Å²) in [6.07, 6.45) is 3.58. The van der Waals surface area contributed by atoms with Gasteiger partial charge >= 0.3 is 0 Å². The second-order valence-corrected chi connectivity index (χ2v) is 3.86. The quantitative estimate of drug-likeness (QED) is 0.856. The van der Waals surface area contributed by atoms with Gasteiger partial charge in [-0.2, -0.15) is 5.10 Å². The summed E-state index contributed by atoms with van der Waals surface area (Å²) in [6, 6.07) is 9.82. The van der Waals surface area contributed by atoms with Crippen LogP contribution in [0.2, 0.25) is 0 Å². The van der Waals surface area contributed by atoms with Gasteiger partial charge in [0.2, 0.25) is 0 Å². The molecule has 0 aliphatic rings. The maximum atomic E-state index is 6.03. The van der Waals surface area contributed by atoms with Crippen molar-refractivity contribution in [3.63, 3.8) is 0 Å². The molecule has 1 aromatic carbocycles. The van der Waals surface area contributed by atoms with Gasteiger partial charge in [0.05, 0.1) is 18.4 Å². The molecule has 0 bridgehead atoms. The molecule has 0 saturated heterocycles. The summed E-state index contributed by atoms with van der Waals surface area (Å²) >= 11 is 0. The van der Waals surface area contributed by atoms with Crippen molar-refractivity contribution in [1.82, 2.24) is 9.78 Å². The molecule has 0 aliphatic carbocycles. The maximum Gasteiger partial charge on any atom is 0.157 e. The lowest BCUT2D eigenvalue weighted by molar-refractivity contribution is 0.290. The average molecular weight is 231 g/mol. The molecule has 2 rings (SSSR count). The van der Waals surface area contributed by atoms with Gasteiger partial charge in [0.25, 0.3) is 0 Å². The minimum absolute atomic E-state index is 0.110. The van der Waals surface area contributed by atoms with Crippen LogP contribution in [-0.2, 0) is 6.54 Å². The fourth-order valence-corrected chi connectivity index (χ4v) is 1.57. The third-order valence-corrected chi connectivity index (χ3v) is 2.59. The number of hydrogen-bond acceptors (Lipinski definition) is 3. The van der Waals surface area contributed by atoms with Crippen LogP contribution >= 0.6 is 0 Å². The van der Waals surface area contributed by atoms with Gasteiger partial charge in [0.1, 0.15) is 6.61 Å². The topological polar surface area (TPSA) is 53.1 Å². The zero-order valence-corrected chi connectivity index (χ0v) is 9.91. The fourth-order valence-electron chi connectivity index (χ4n) is 1.57. The molecule has 2 aromatic rings. The van der Waals surface area contributed by atoms with Crippen LogP contribution in [-0.4, -0.2) is 16.4 Å². The Bertz CT molecular complexity index is 453. The Morgan fingerprint density at radius 3 is 2.76 bits per heavy atom. The molecule has 1 atom stereocenters. The molecule has 0 radical (unpaired) electrons. The zero-order valence-electron chi connectivity index (χ0n) is 9.91. The number of rotatable bonds is 5. The second-order valence-electron chi connectivity index (χ2n) is 3.86. The maximum absolute atomic E-state index is 6.03. The number of hydrogen-bond donors (Lipinski definition) is 1. The highest BCUT2D eigenvalue weighted by Gasteiger charge is 2.06. The average Bonchev–Trinajstić information content (AvgIpc) is 2.85. The van der Waals surface area contributed by atoms with E-state index in [1.807, 2.05) is 48.1 Å². The van der Waals surface area contributed by atoms with E-state index in [2.05, 4.69) is 5.10 Å². The Morgan fingerprint density at radius 1 is 1.35 bits per heavy atom. The molecule has 1 heterocycles. The van der Waals surface area contributed by atoms with Crippen LogP contribution in [0.25, 0.3) is 0 Å². The summed E-state index contributed by atoms with van der Waals surface area (Å²) in [4.78, 5) is 0. The van der Waals surface area contributed by atoms with Crippen molar-refractivity contribution in [2.45, 2.75) is 19.5 Å². The predicted molar refractivity (Wildman–Crippen MR) is 66.8 cm³/mol. The normalized spacial score (nSPS) is 12.4. The van der Waals surface area contributed by atoms with Gasteiger partial charge in [-0.1, -0.05) is 30.3 Å². The monoisotopic (exact) mass is 231 g/mol. The molecule has 0 fully saturated rings. The smallest absolute Gasteiger partial charge is 0.157 e. The van der Waals surface area contributed by atoms with Gasteiger partial charge in [0.15, 0.2) is 5.75 Å². The molecular weight excluding hydrogens is 214 g/mol. The highest BCUT2D eigenvalue weighted by atomic mass is 16.5. The SMILES string of the molecule is CCn1cc(OCC(N)c2ccccc2)cn1. The summed E-state index contributed by atoms with van der Waals surface area (Å²) in [7, 11) is 0. The van der Waals surface area contributed by atoms with Crippen molar-refractivity contribution in [2.75, 3.05) is 6.61 Å². The molecule has 0 amide bonds. The minimum atomic E-state index is -0.110. The van der Waals surface area contributed by atoms with Gasteiger partial charge in [-0.3, -0.25) is 4.68 Å². The number of aromatic nitrogens is 2. The molecular formula is C13H17N3O. The van der Waals surface area contributed by atoms with E-state index in [0.29, 0.717) is 6.61 Å². The van der Waals surface area contributed by atoms with Crippen molar-refractivity contribution in [3.05, 3.63) is 48.3 Å². The number of nitrogens with zero attached hydrogens (tertiary/aromatic N) is 2. The first-order valence-electron chi connectivity index (χ1n) is 5.75. The molecule has 4 heteroatoms. The van der Waals surface area contributed by atoms with Crippen LogP contribution in [0.1, 0.15) is 18.5 Å². The molecule has 0 saturated carbocycles. The number of ether oxygens (including phenoxy) is 1. The minimum Gasteiger partial charge on any atom is -0.488 e. The first-order chi connectivity index (χ1) is 8.29. The number of benzene rings is 1. The van der Waals surface area contributed by atoms with E-state index >= 15 is 0 Å². The zero-order chi connectivity index (χ0) is 12.1.